The van der Waals surface area contributed by atoms with Gasteiger partial charge in [0.15, 0.2) is 0 Å². The van der Waals surface area contributed by atoms with E-state index in [1.807, 2.05) is 42.5 Å². The van der Waals surface area contributed by atoms with Crippen molar-refractivity contribution in [2.75, 3.05) is 13.2 Å². The van der Waals surface area contributed by atoms with Gasteiger partial charge in [0.05, 0.1) is 12.1 Å². The van der Waals surface area contributed by atoms with Gasteiger partial charge in [-0.1, -0.05) is 56.3 Å². The summed E-state index contributed by atoms with van der Waals surface area (Å²) in [5.74, 6) is 1.26. The Morgan fingerprint density at radius 1 is 1.05 bits per heavy atom. The first-order valence-electron chi connectivity index (χ1n) is 7.23. The third-order valence-electron chi connectivity index (χ3n) is 3.67. The van der Waals surface area contributed by atoms with Crippen molar-refractivity contribution < 1.29 is 9.84 Å². The zero-order valence-electron chi connectivity index (χ0n) is 12.6. The van der Waals surface area contributed by atoms with Gasteiger partial charge in [-0.3, -0.25) is 0 Å². The second-order valence-electron chi connectivity index (χ2n) is 5.69. The fourth-order valence-electron chi connectivity index (χ4n) is 2.15. The topological polar surface area (TPSA) is 55.5 Å². The van der Waals surface area contributed by atoms with E-state index in [2.05, 4.69) is 26.0 Å². The summed E-state index contributed by atoms with van der Waals surface area (Å²) in [6.07, 6.45) is 0. The first-order chi connectivity index (χ1) is 10.0. The second-order valence-corrected chi connectivity index (χ2v) is 5.69. The molecule has 21 heavy (non-hydrogen) atoms. The van der Waals surface area contributed by atoms with E-state index in [1.165, 1.54) is 5.56 Å². The molecule has 0 amide bonds. The van der Waals surface area contributed by atoms with E-state index in [1.54, 1.807) is 0 Å². The van der Waals surface area contributed by atoms with Gasteiger partial charge in [0, 0.05) is 0 Å². The molecule has 0 heterocycles. The molecule has 0 aromatic heterocycles. The van der Waals surface area contributed by atoms with Crippen LogP contribution in [0.2, 0.25) is 0 Å². The van der Waals surface area contributed by atoms with E-state index >= 15 is 0 Å². The van der Waals surface area contributed by atoms with Crippen LogP contribution in [0.3, 0.4) is 0 Å². The van der Waals surface area contributed by atoms with Crippen molar-refractivity contribution >= 4 is 0 Å². The van der Waals surface area contributed by atoms with Crippen molar-refractivity contribution in [1.82, 2.24) is 0 Å². The van der Waals surface area contributed by atoms with Crippen LogP contribution in [0.25, 0.3) is 0 Å². The minimum atomic E-state index is -0.891. The lowest BCUT2D eigenvalue weighted by atomic mass is 9.93. The molecule has 0 aliphatic heterocycles. The van der Waals surface area contributed by atoms with Crippen LogP contribution in [-0.4, -0.2) is 18.3 Å². The van der Waals surface area contributed by atoms with E-state index < -0.39 is 5.54 Å². The van der Waals surface area contributed by atoms with Crippen LogP contribution in [0.4, 0.5) is 0 Å². The Kier molecular flexibility index (Phi) is 4.99. The molecule has 3 heteroatoms. The summed E-state index contributed by atoms with van der Waals surface area (Å²) < 4.78 is 5.77. The van der Waals surface area contributed by atoms with Gasteiger partial charge >= 0.3 is 0 Å². The second kappa shape index (κ2) is 6.74. The molecular weight excluding hydrogens is 262 g/mol. The van der Waals surface area contributed by atoms with Crippen LogP contribution in [0.15, 0.2) is 54.6 Å². The molecule has 0 aliphatic rings. The lowest BCUT2D eigenvalue weighted by molar-refractivity contribution is 0.133. The Bertz CT molecular complexity index is 551. The lowest BCUT2D eigenvalue weighted by Gasteiger charge is -2.27. The fourth-order valence-corrected chi connectivity index (χ4v) is 2.15. The molecule has 2 aromatic carbocycles. The number of hydrogen-bond acceptors (Lipinski definition) is 3. The molecule has 1 atom stereocenters. The van der Waals surface area contributed by atoms with Gasteiger partial charge in [-0.15, -0.1) is 0 Å². The van der Waals surface area contributed by atoms with Crippen molar-refractivity contribution in [2.45, 2.75) is 25.3 Å². The molecule has 0 aliphatic carbocycles. The van der Waals surface area contributed by atoms with E-state index in [0.29, 0.717) is 5.92 Å². The predicted molar refractivity (Wildman–Crippen MR) is 85.4 cm³/mol. The number of aliphatic hydroxyl groups excluding tert-OH is 1. The van der Waals surface area contributed by atoms with Crippen LogP contribution >= 0.6 is 0 Å². The Morgan fingerprint density at radius 3 is 2.19 bits per heavy atom. The van der Waals surface area contributed by atoms with E-state index in [9.17, 15) is 5.11 Å². The summed E-state index contributed by atoms with van der Waals surface area (Å²) in [7, 11) is 0. The highest BCUT2D eigenvalue weighted by Crippen LogP contribution is 2.22. The van der Waals surface area contributed by atoms with Crippen LogP contribution in [0.1, 0.15) is 30.9 Å². The number of rotatable bonds is 6. The highest BCUT2D eigenvalue weighted by atomic mass is 16.5. The first kappa shape index (κ1) is 15.5. The maximum atomic E-state index is 9.63. The zero-order chi connectivity index (χ0) is 15.3. The third-order valence-corrected chi connectivity index (χ3v) is 3.67. The Hall–Kier alpha value is -1.84. The largest absolute Gasteiger partial charge is 0.491 e. The molecular formula is C18H23NO2. The smallest absolute Gasteiger partial charge is 0.119 e. The molecule has 2 aromatic rings. The summed E-state index contributed by atoms with van der Waals surface area (Å²) in [6.45, 7) is 4.37. The molecule has 3 nitrogen and oxygen atoms in total. The normalized spacial score (nSPS) is 14.0. The predicted octanol–water partition coefficient (Wildman–Crippen LogP) is 3.04. The molecule has 0 saturated carbocycles. The van der Waals surface area contributed by atoms with Crippen LogP contribution in [0.5, 0.6) is 5.75 Å². The first-order valence-corrected chi connectivity index (χ1v) is 7.23. The van der Waals surface area contributed by atoms with E-state index in [-0.39, 0.29) is 13.2 Å². The van der Waals surface area contributed by atoms with Gasteiger partial charge in [0.25, 0.3) is 0 Å². The van der Waals surface area contributed by atoms with E-state index in [4.69, 9.17) is 10.5 Å². The fraction of sp³-hybridized carbons (Fsp3) is 0.333. The number of ether oxygens (including phenoxy) is 1. The Morgan fingerprint density at radius 2 is 1.67 bits per heavy atom. The minimum absolute atomic E-state index is 0.166. The number of aliphatic hydroxyl groups is 1. The quantitative estimate of drug-likeness (QED) is 0.857. The monoisotopic (exact) mass is 285 g/mol. The van der Waals surface area contributed by atoms with Crippen molar-refractivity contribution in [3.05, 3.63) is 65.7 Å². The maximum Gasteiger partial charge on any atom is 0.119 e. The van der Waals surface area contributed by atoms with E-state index in [0.717, 1.165) is 11.3 Å². The van der Waals surface area contributed by atoms with Gasteiger partial charge in [-0.05, 0) is 29.2 Å². The average Bonchev–Trinajstić information content (AvgIpc) is 2.54. The molecule has 1 unspecified atom stereocenters. The molecule has 3 N–H and O–H groups in total. The molecule has 0 saturated heterocycles. The summed E-state index contributed by atoms with van der Waals surface area (Å²) in [6, 6.07) is 17.5. The van der Waals surface area contributed by atoms with Gasteiger partial charge in [0.1, 0.15) is 12.4 Å². The summed E-state index contributed by atoms with van der Waals surface area (Å²) in [4.78, 5) is 0. The zero-order valence-corrected chi connectivity index (χ0v) is 12.6. The van der Waals surface area contributed by atoms with Crippen molar-refractivity contribution in [3.8, 4) is 5.75 Å². The molecule has 0 spiro atoms. The van der Waals surface area contributed by atoms with Crippen LogP contribution in [0, 0.1) is 0 Å². The summed E-state index contributed by atoms with van der Waals surface area (Å²) in [5, 5.41) is 9.63. The van der Waals surface area contributed by atoms with Crippen LogP contribution < -0.4 is 10.5 Å². The third kappa shape index (κ3) is 3.84. The molecule has 0 radical (unpaired) electrons. The summed E-state index contributed by atoms with van der Waals surface area (Å²) in [5.41, 5.74) is 7.52. The Balaban J connectivity index is 2.06. The Labute approximate surface area is 126 Å². The highest BCUT2D eigenvalue weighted by molar-refractivity contribution is 5.30. The molecule has 0 fully saturated rings. The van der Waals surface area contributed by atoms with Gasteiger partial charge < -0.3 is 15.6 Å². The molecule has 2 rings (SSSR count). The van der Waals surface area contributed by atoms with Crippen molar-refractivity contribution in [1.29, 1.82) is 0 Å². The van der Waals surface area contributed by atoms with Gasteiger partial charge in [0.2, 0.25) is 0 Å². The standard InChI is InChI=1S/C18H23NO2/c1-14(2)15-8-10-17(11-9-15)21-13-18(19,12-20)16-6-4-3-5-7-16/h3-11,14,20H,12-13,19H2,1-2H3. The maximum absolute atomic E-state index is 9.63. The number of benzene rings is 2. The number of nitrogens with two attached hydrogens (primary N) is 1. The average molecular weight is 285 g/mol. The lowest BCUT2D eigenvalue weighted by Crippen LogP contribution is -2.46. The minimum Gasteiger partial charge on any atom is -0.491 e. The molecule has 0 bridgehead atoms. The van der Waals surface area contributed by atoms with Crippen molar-refractivity contribution in [2.24, 2.45) is 5.73 Å². The highest BCUT2D eigenvalue weighted by Gasteiger charge is 2.27. The van der Waals surface area contributed by atoms with Crippen LogP contribution in [-0.2, 0) is 5.54 Å². The van der Waals surface area contributed by atoms with Crippen molar-refractivity contribution in [3.63, 3.8) is 0 Å². The SMILES string of the molecule is CC(C)c1ccc(OCC(N)(CO)c2ccccc2)cc1. The number of hydrogen-bond donors (Lipinski definition) is 2. The molecule has 112 valence electrons. The summed E-state index contributed by atoms with van der Waals surface area (Å²) >= 11 is 0. The van der Waals surface area contributed by atoms with Gasteiger partial charge in [-0.25, -0.2) is 0 Å². The van der Waals surface area contributed by atoms with Gasteiger partial charge in [-0.2, -0.15) is 0 Å².